The first-order chi connectivity index (χ1) is 14.8. The van der Waals surface area contributed by atoms with Crippen molar-refractivity contribution in [2.75, 3.05) is 20.3 Å². The number of carbonyl (C=O) groups excluding carboxylic acids is 2. The van der Waals surface area contributed by atoms with E-state index in [1.807, 2.05) is 32.9 Å². The van der Waals surface area contributed by atoms with Crippen molar-refractivity contribution in [1.82, 2.24) is 4.90 Å². The van der Waals surface area contributed by atoms with Gasteiger partial charge in [0.25, 0.3) is 11.7 Å². The smallest absolute Gasteiger partial charge is 0.295 e. The zero-order chi connectivity index (χ0) is 22.7. The molecule has 31 heavy (non-hydrogen) atoms. The molecule has 6 nitrogen and oxygen atoms in total. The van der Waals surface area contributed by atoms with E-state index in [-0.39, 0.29) is 30.6 Å². The molecular formula is C24H26BrNO5. The Bertz CT molecular complexity index is 1030. The van der Waals surface area contributed by atoms with Crippen LogP contribution >= 0.6 is 15.9 Å². The minimum atomic E-state index is -0.782. The lowest BCUT2D eigenvalue weighted by atomic mass is 9.94. The van der Waals surface area contributed by atoms with Gasteiger partial charge in [-0.1, -0.05) is 40.2 Å². The van der Waals surface area contributed by atoms with E-state index >= 15 is 0 Å². The summed E-state index contributed by atoms with van der Waals surface area (Å²) in [4.78, 5) is 27.5. The van der Waals surface area contributed by atoms with Crippen LogP contribution in [0, 0.1) is 6.92 Å². The SMILES string of the molecule is COc1ccccc1C1/C(=C(\O)c2ccc(Br)c(C)c2)C(=O)C(=O)N1CCOC(C)C. The predicted octanol–water partition coefficient (Wildman–Crippen LogP) is 4.61. The van der Waals surface area contributed by atoms with Gasteiger partial charge in [-0.3, -0.25) is 9.59 Å². The zero-order valence-corrected chi connectivity index (χ0v) is 19.6. The molecule has 0 radical (unpaired) electrons. The summed E-state index contributed by atoms with van der Waals surface area (Å²) in [6.07, 6.45) is -0.00715. The number of amides is 1. The minimum absolute atomic E-state index is 0.00715. The second kappa shape index (κ2) is 9.66. The van der Waals surface area contributed by atoms with Crippen molar-refractivity contribution in [3.63, 3.8) is 0 Å². The Balaban J connectivity index is 2.16. The van der Waals surface area contributed by atoms with Gasteiger partial charge < -0.3 is 19.5 Å². The first-order valence-corrected chi connectivity index (χ1v) is 10.8. The normalized spacial score (nSPS) is 18.1. The standard InChI is InChI=1S/C24H26BrNO5/c1-14(2)31-12-11-26-21(17-7-5-6-8-19(17)30-4)20(23(28)24(26)29)22(27)16-9-10-18(25)15(3)13-16/h5-10,13-14,21,27H,11-12H2,1-4H3/b22-20+. The van der Waals surface area contributed by atoms with Crippen LogP contribution in [-0.2, 0) is 14.3 Å². The van der Waals surface area contributed by atoms with Crippen LogP contribution in [-0.4, -0.2) is 48.1 Å². The lowest BCUT2D eigenvalue weighted by Crippen LogP contribution is -2.33. The average Bonchev–Trinajstić information content (AvgIpc) is 2.99. The van der Waals surface area contributed by atoms with Gasteiger partial charge in [0.05, 0.1) is 31.4 Å². The van der Waals surface area contributed by atoms with Gasteiger partial charge in [0.15, 0.2) is 0 Å². The number of carbonyl (C=O) groups is 2. The molecule has 1 heterocycles. The van der Waals surface area contributed by atoms with E-state index in [0.717, 1.165) is 10.0 Å². The Morgan fingerprint density at radius 3 is 2.55 bits per heavy atom. The molecule has 0 spiro atoms. The number of aliphatic hydroxyl groups excluding tert-OH is 1. The highest BCUT2D eigenvalue weighted by atomic mass is 79.9. The summed E-state index contributed by atoms with van der Waals surface area (Å²) in [6.45, 7) is 6.18. The van der Waals surface area contributed by atoms with Gasteiger partial charge in [0.2, 0.25) is 0 Å². The Hall–Kier alpha value is -2.64. The van der Waals surface area contributed by atoms with Crippen LogP contribution in [0.15, 0.2) is 52.5 Å². The average molecular weight is 488 g/mol. The van der Waals surface area contributed by atoms with E-state index in [1.165, 1.54) is 12.0 Å². The fraction of sp³-hybridized carbons (Fsp3) is 0.333. The third-order valence-corrected chi connectivity index (χ3v) is 6.08. The van der Waals surface area contributed by atoms with Crippen molar-refractivity contribution in [1.29, 1.82) is 0 Å². The Kier molecular flexibility index (Phi) is 7.18. The number of ketones is 1. The van der Waals surface area contributed by atoms with Crippen molar-refractivity contribution in [3.8, 4) is 5.75 Å². The zero-order valence-electron chi connectivity index (χ0n) is 18.0. The van der Waals surface area contributed by atoms with Crippen LogP contribution in [0.3, 0.4) is 0 Å². The predicted molar refractivity (Wildman–Crippen MR) is 122 cm³/mol. The molecule has 2 aromatic rings. The van der Waals surface area contributed by atoms with E-state index in [4.69, 9.17) is 9.47 Å². The third kappa shape index (κ3) is 4.67. The fourth-order valence-electron chi connectivity index (χ4n) is 3.66. The number of methoxy groups -OCH3 is 1. The van der Waals surface area contributed by atoms with Crippen LogP contribution < -0.4 is 4.74 Å². The van der Waals surface area contributed by atoms with Gasteiger partial charge in [-0.05, 0) is 44.5 Å². The molecule has 1 aliphatic heterocycles. The molecule has 1 atom stereocenters. The Labute approximate surface area is 190 Å². The number of benzene rings is 2. The molecule has 3 rings (SSSR count). The molecule has 1 amide bonds. The van der Waals surface area contributed by atoms with E-state index in [9.17, 15) is 14.7 Å². The van der Waals surface area contributed by atoms with Gasteiger partial charge in [-0.2, -0.15) is 0 Å². The second-order valence-electron chi connectivity index (χ2n) is 7.62. The molecule has 1 unspecified atom stereocenters. The van der Waals surface area contributed by atoms with Crippen LogP contribution in [0.4, 0.5) is 0 Å². The van der Waals surface area contributed by atoms with Crippen molar-refractivity contribution in [3.05, 3.63) is 69.2 Å². The van der Waals surface area contributed by atoms with E-state index in [1.54, 1.807) is 30.3 Å². The molecule has 1 saturated heterocycles. The topological polar surface area (TPSA) is 76.1 Å². The van der Waals surface area contributed by atoms with Gasteiger partial charge >= 0.3 is 0 Å². The summed E-state index contributed by atoms with van der Waals surface area (Å²) in [5.74, 6) is -1.07. The number of aliphatic hydroxyl groups is 1. The van der Waals surface area contributed by atoms with Crippen molar-refractivity contribution >= 4 is 33.4 Å². The van der Waals surface area contributed by atoms with Gasteiger partial charge in [0.1, 0.15) is 11.5 Å². The number of rotatable bonds is 7. The first kappa shape index (κ1) is 23.0. The van der Waals surface area contributed by atoms with Crippen molar-refractivity contribution < 1.29 is 24.2 Å². The van der Waals surface area contributed by atoms with Crippen molar-refractivity contribution in [2.45, 2.75) is 32.9 Å². The summed E-state index contributed by atoms with van der Waals surface area (Å²) >= 11 is 3.44. The molecule has 1 aliphatic rings. The second-order valence-corrected chi connectivity index (χ2v) is 8.47. The number of hydrogen-bond acceptors (Lipinski definition) is 5. The van der Waals surface area contributed by atoms with Crippen LogP contribution in [0.25, 0.3) is 5.76 Å². The first-order valence-electron chi connectivity index (χ1n) is 10.1. The molecule has 1 N–H and O–H groups in total. The Morgan fingerprint density at radius 2 is 1.90 bits per heavy atom. The molecule has 7 heteroatoms. The lowest BCUT2D eigenvalue weighted by molar-refractivity contribution is -0.140. The van der Waals surface area contributed by atoms with Gasteiger partial charge in [-0.15, -0.1) is 0 Å². The highest BCUT2D eigenvalue weighted by molar-refractivity contribution is 9.10. The van der Waals surface area contributed by atoms with E-state index in [0.29, 0.717) is 16.9 Å². The monoisotopic (exact) mass is 487 g/mol. The number of Topliss-reactive ketones (excluding diaryl/α,β-unsaturated/α-hetero) is 1. The van der Waals surface area contributed by atoms with Gasteiger partial charge in [0, 0.05) is 22.1 Å². The van der Waals surface area contributed by atoms with Gasteiger partial charge in [-0.25, -0.2) is 0 Å². The molecule has 0 aromatic heterocycles. The number of hydrogen-bond donors (Lipinski definition) is 1. The number of ether oxygens (including phenoxy) is 2. The highest BCUT2D eigenvalue weighted by Crippen LogP contribution is 2.42. The quantitative estimate of drug-likeness (QED) is 0.350. The Morgan fingerprint density at radius 1 is 1.19 bits per heavy atom. The van der Waals surface area contributed by atoms with Crippen LogP contribution in [0.5, 0.6) is 5.75 Å². The summed E-state index contributed by atoms with van der Waals surface area (Å²) in [5, 5.41) is 11.1. The number of para-hydroxylation sites is 1. The molecule has 164 valence electrons. The number of aryl methyl sites for hydroxylation is 1. The highest BCUT2D eigenvalue weighted by Gasteiger charge is 2.46. The van der Waals surface area contributed by atoms with Crippen LogP contribution in [0.2, 0.25) is 0 Å². The number of likely N-dealkylation sites (tertiary alicyclic amines) is 1. The minimum Gasteiger partial charge on any atom is -0.507 e. The molecule has 0 saturated carbocycles. The fourth-order valence-corrected chi connectivity index (χ4v) is 3.91. The number of halogens is 1. The molecular weight excluding hydrogens is 462 g/mol. The maximum Gasteiger partial charge on any atom is 0.295 e. The molecule has 1 fully saturated rings. The maximum atomic E-state index is 13.1. The lowest BCUT2D eigenvalue weighted by Gasteiger charge is -2.26. The summed E-state index contributed by atoms with van der Waals surface area (Å²) in [7, 11) is 1.53. The van der Waals surface area contributed by atoms with Crippen molar-refractivity contribution in [2.24, 2.45) is 0 Å². The largest absolute Gasteiger partial charge is 0.507 e. The number of nitrogens with zero attached hydrogens (tertiary/aromatic N) is 1. The van der Waals surface area contributed by atoms with Crippen LogP contribution in [0.1, 0.15) is 36.6 Å². The molecule has 2 aromatic carbocycles. The van der Waals surface area contributed by atoms with E-state index in [2.05, 4.69) is 15.9 Å². The third-order valence-electron chi connectivity index (χ3n) is 5.19. The summed E-state index contributed by atoms with van der Waals surface area (Å²) in [6, 6.07) is 11.7. The summed E-state index contributed by atoms with van der Waals surface area (Å²) < 4.78 is 12.0. The molecule has 0 bridgehead atoms. The van der Waals surface area contributed by atoms with E-state index < -0.39 is 17.7 Å². The molecule has 0 aliphatic carbocycles. The maximum absolute atomic E-state index is 13.1. The summed E-state index contributed by atoms with van der Waals surface area (Å²) in [5.41, 5.74) is 2.04.